The summed E-state index contributed by atoms with van der Waals surface area (Å²) < 4.78 is 5.12. The highest BCUT2D eigenvalue weighted by Crippen LogP contribution is 2.06. The summed E-state index contributed by atoms with van der Waals surface area (Å²) in [4.78, 5) is 11.3. The van der Waals surface area contributed by atoms with Gasteiger partial charge in [-0.15, -0.1) is 0 Å². The topological polar surface area (TPSA) is 50.4 Å². The average molecular weight is 202 g/mol. The molecule has 84 valence electrons. The Hall–Kier alpha value is -0.770. The van der Waals surface area contributed by atoms with Crippen LogP contribution in [0.3, 0.4) is 0 Å². The van der Waals surface area contributed by atoms with Crippen LogP contribution in [0.1, 0.15) is 34.1 Å². The van der Waals surface area contributed by atoms with Gasteiger partial charge in [-0.25, -0.2) is 4.79 Å². The zero-order valence-corrected chi connectivity index (χ0v) is 9.81. The van der Waals surface area contributed by atoms with Gasteiger partial charge in [-0.2, -0.15) is 0 Å². The van der Waals surface area contributed by atoms with Gasteiger partial charge in [0.2, 0.25) is 0 Å². The van der Waals surface area contributed by atoms with Crippen molar-refractivity contribution in [2.45, 2.75) is 45.8 Å². The van der Waals surface area contributed by atoms with E-state index in [1.165, 1.54) is 0 Å². The fourth-order valence-corrected chi connectivity index (χ4v) is 0.942. The second-order valence-electron chi connectivity index (χ2n) is 4.44. The molecule has 0 heterocycles. The Balaban J connectivity index is 3.71. The van der Waals surface area contributed by atoms with E-state index in [0.717, 1.165) is 13.0 Å². The average Bonchev–Trinajstić information content (AvgIpc) is 1.96. The van der Waals surface area contributed by atoms with Crippen LogP contribution in [0.2, 0.25) is 0 Å². The van der Waals surface area contributed by atoms with E-state index in [1.807, 2.05) is 34.7 Å². The van der Waals surface area contributed by atoms with E-state index >= 15 is 0 Å². The molecule has 0 spiro atoms. The van der Waals surface area contributed by atoms with Crippen LogP contribution in [-0.4, -0.2) is 31.3 Å². The summed E-state index contributed by atoms with van der Waals surface area (Å²) in [5.41, 5.74) is -0.424. The molecule has 0 radical (unpaired) electrons. The molecule has 0 saturated carbocycles. The SMILES string of the molecule is CNCC[C@H](C)NC(=O)OC(C)(C)C. The van der Waals surface area contributed by atoms with Crippen LogP contribution in [0, 0.1) is 0 Å². The van der Waals surface area contributed by atoms with Crippen molar-refractivity contribution >= 4 is 6.09 Å². The van der Waals surface area contributed by atoms with Crippen LogP contribution in [0.25, 0.3) is 0 Å². The van der Waals surface area contributed by atoms with Gasteiger partial charge >= 0.3 is 6.09 Å². The van der Waals surface area contributed by atoms with E-state index < -0.39 is 5.60 Å². The minimum absolute atomic E-state index is 0.136. The lowest BCUT2D eigenvalue weighted by Gasteiger charge is -2.21. The number of ether oxygens (including phenoxy) is 1. The maximum atomic E-state index is 11.3. The normalized spacial score (nSPS) is 13.5. The van der Waals surface area contributed by atoms with Crippen molar-refractivity contribution in [3.8, 4) is 0 Å². The maximum absolute atomic E-state index is 11.3. The summed E-state index contributed by atoms with van der Waals surface area (Å²) in [6.45, 7) is 8.40. The number of rotatable bonds is 4. The fraction of sp³-hybridized carbons (Fsp3) is 0.900. The summed E-state index contributed by atoms with van der Waals surface area (Å²) >= 11 is 0. The molecule has 0 rings (SSSR count). The van der Waals surface area contributed by atoms with Gasteiger partial charge in [0, 0.05) is 6.04 Å². The van der Waals surface area contributed by atoms with E-state index in [-0.39, 0.29) is 12.1 Å². The Morgan fingerprint density at radius 3 is 2.43 bits per heavy atom. The molecule has 1 atom stereocenters. The van der Waals surface area contributed by atoms with E-state index in [4.69, 9.17) is 4.74 Å². The molecule has 0 aliphatic carbocycles. The van der Waals surface area contributed by atoms with Crippen LogP contribution in [-0.2, 0) is 4.74 Å². The summed E-state index contributed by atoms with van der Waals surface area (Å²) in [5.74, 6) is 0. The van der Waals surface area contributed by atoms with Crippen molar-refractivity contribution in [1.82, 2.24) is 10.6 Å². The van der Waals surface area contributed by atoms with Gasteiger partial charge in [0.15, 0.2) is 0 Å². The summed E-state index contributed by atoms with van der Waals surface area (Å²) in [6, 6.07) is 0.136. The first kappa shape index (κ1) is 13.2. The smallest absolute Gasteiger partial charge is 0.407 e. The molecule has 14 heavy (non-hydrogen) atoms. The molecule has 0 aliphatic rings. The van der Waals surface area contributed by atoms with Gasteiger partial charge in [-0.3, -0.25) is 0 Å². The van der Waals surface area contributed by atoms with E-state index in [2.05, 4.69) is 10.6 Å². The molecule has 0 aromatic heterocycles. The first-order chi connectivity index (χ1) is 6.35. The number of nitrogens with one attached hydrogen (secondary N) is 2. The van der Waals surface area contributed by atoms with E-state index in [1.54, 1.807) is 0 Å². The van der Waals surface area contributed by atoms with Crippen molar-refractivity contribution < 1.29 is 9.53 Å². The summed E-state index contributed by atoms with van der Waals surface area (Å²) in [5, 5.41) is 5.80. The Labute approximate surface area is 86.4 Å². The molecule has 0 bridgehead atoms. The van der Waals surface area contributed by atoms with Crippen molar-refractivity contribution in [3.05, 3.63) is 0 Å². The number of alkyl carbamates (subject to hydrolysis) is 1. The molecule has 1 amide bonds. The van der Waals surface area contributed by atoms with Crippen molar-refractivity contribution in [2.24, 2.45) is 0 Å². The molecule has 0 unspecified atom stereocenters. The highest BCUT2D eigenvalue weighted by molar-refractivity contribution is 5.67. The second kappa shape index (κ2) is 5.86. The molecular formula is C10H22N2O2. The standard InChI is InChI=1S/C10H22N2O2/c1-8(6-7-11-5)12-9(13)14-10(2,3)4/h8,11H,6-7H2,1-5H3,(H,12,13)/t8-/m0/s1. The van der Waals surface area contributed by atoms with Crippen LogP contribution >= 0.6 is 0 Å². The van der Waals surface area contributed by atoms with Crippen LogP contribution < -0.4 is 10.6 Å². The van der Waals surface area contributed by atoms with E-state index in [9.17, 15) is 4.79 Å². The lowest BCUT2D eigenvalue weighted by Crippen LogP contribution is -2.38. The summed E-state index contributed by atoms with van der Waals surface area (Å²) in [6.07, 6.45) is 0.552. The van der Waals surface area contributed by atoms with Gasteiger partial charge in [-0.1, -0.05) is 0 Å². The number of carbonyl (C=O) groups is 1. The Morgan fingerprint density at radius 1 is 1.43 bits per heavy atom. The quantitative estimate of drug-likeness (QED) is 0.726. The van der Waals surface area contributed by atoms with Crippen LogP contribution in [0.15, 0.2) is 0 Å². The van der Waals surface area contributed by atoms with Crippen molar-refractivity contribution in [1.29, 1.82) is 0 Å². The minimum atomic E-state index is -0.424. The lowest BCUT2D eigenvalue weighted by molar-refractivity contribution is 0.0506. The highest BCUT2D eigenvalue weighted by atomic mass is 16.6. The number of carbonyl (C=O) groups excluding carboxylic acids is 1. The van der Waals surface area contributed by atoms with Crippen molar-refractivity contribution in [3.63, 3.8) is 0 Å². The molecule has 0 aliphatic heterocycles. The minimum Gasteiger partial charge on any atom is -0.444 e. The summed E-state index contributed by atoms with van der Waals surface area (Å²) in [7, 11) is 1.89. The highest BCUT2D eigenvalue weighted by Gasteiger charge is 2.17. The van der Waals surface area contributed by atoms with Gasteiger partial charge < -0.3 is 15.4 Å². The van der Waals surface area contributed by atoms with Gasteiger partial charge in [0.05, 0.1) is 0 Å². The monoisotopic (exact) mass is 202 g/mol. The zero-order chi connectivity index (χ0) is 11.2. The third-order valence-electron chi connectivity index (χ3n) is 1.59. The predicted octanol–water partition coefficient (Wildman–Crippen LogP) is 1.51. The molecule has 0 aromatic carbocycles. The van der Waals surface area contributed by atoms with Gasteiger partial charge in [0.1, 0.15) is 5.60 Å². The maximum Gasteiger partial charge on any atom is 0.407 e. The third-order valence-corrected chi connectivity index (χ3v) is 1.59. The van der Waals surface area contributed by atoms with Crippen LogP contribution in [0.4, 0.5) is 4.79 Å². The molecular weight excluding hydrogens is 180 g/mol. The van der Waals surface area contributed by atoms with E-state index in [0.29, 0.717) is 0 Å². The first-order valence-corrected chi connectivity index (χ1v) is 4.99. The molecule has 0 aromatic rings. The molecule has 2 N–H and O–H groups in total. The fourth-order valence-electron chi connectivity index (χ4n) is 0.942. The molecule has 0 saturated heterocycles. The Bertz CT molecular complexity index is 175. The number of hydrogen-bond acceptors (Lipinski definition) is 3. The lowest BCUT2D eigenvalue weighted by atomic mass is 10.2. The Kier molecular flexibility index (Phi) is 5.53. The van der Waals surface area contributed by atoms with Crippen LogP contribution in [0.5, 0.6) is 0 Å². The predicted molar refractivity (Wildman–Crippen MR) is 57.4 cm³/mol. The number of hydrogen-bond donors (Lipinski definition) is 2. The molecule has 4 nitrogen and oxygen atoms in total. The van der Waals surface area contributed by atoms with Gasteiger partial charge in [0.25, 0.3) is 0 Å². The van der Waals surface area contributed by atoms with Crippen molar-refractivity contribution in [2.75, 3.05) is 13.6 Å². The zero-order valence-electron chi connectivity index (χ0n) is 9.81. The van der Waals surface area contributed by atoms with Gasteiger partial charge in [-0.05, 0) is 47.7 Å². The number of amides is 1. The molecule has 4 heteroatoms. The second-order valence-corrected chi connectivity index (χ2v) is 4.44. The largest absolute Gasteiger partial charge is 0.444 e. The first-order valence-electron chi connectivity index (χ1n) is 4.99. The Morgan fingerprint density at radius 2 is 2.00 bits per heavy atom. The third kappa shape index (κ3) is 7.86. The molecule has 0 fully saturated rings.